The van der Waals surface area contributed by atoms with Crippen molar-refractivity contribution in [2.24, 2.45) is 5.84 Å². The third-order valence-electron chi connectivity index (χ3n) is 3.43. The van der Waals surface area contributed by atoms with Gasteiger partial charge >= 0.3 is 0 Å². The van der Waals surface area contributed by atoms with Crippen LogP contribution in [0.3, 0.4) is 0 Å². The van der Waals surface area contributed by atoms with Crippen LogP contribution in [0.5, 0.6) is 11.5 Å². The number of halogens is 1. The first-order valence-electron chi connectivity index (χ1n) is 6.54. The average Bonchev–Trinajstić information content (AvgIpc) is 2.51. The first kappa shape index (κ1) is 15.3. The second-order valence-electron chi connectivity index (χ2n) is 4.75. The number of nitrogens with two attached hydrogens (primary N) is 1. The predicted octanol–water partition coefficient (Wildman–Crippen LogP) is 2.70. The molecule has 0 saturated carbocycles. The van der Waals surface area contributed by atoms with Crippen LogP contribution < -0.4 is 20.7 Å². The molecule has 2 aromatic carbocycles. The summed E-state index contributed by atoms with van der Waals surface area (Å²) in [7, 11) is 3.16. The summed E-state index contributed by atoms with van der Waals surface area (Å²) in [5.74, 6) is 6.69. The summed E-state index contributed by atoms with van der Waals surface area (Å²) >= 11 is 0. The lowest BCUT2D eigenvalue weighted by Crippen LogP contribution is -2.29. The Morgan fingerprint density at radius 2 is 1.67 bits per heavy atom. The molecular weight excluding hydrogens is 271 g/mol. The van der Waals surface area contributed by atoms with Crippen molar-refractivity contribution < 1.29 is 13.9 Å². The molecule has 0 spiro atoms. The number of nitrogens with one attached hydrogen (secondary N) is 1. The fourth-order valence-electron chi connectivity index (χ4n) is 2.28. The topological polar surface area (TPSA) is 56.5 Å². The van der Waals surface area contributed by atoms with E-state index in [1.54, 1.807) is 26.4 Å². The highest BCUT2D eigenvalue weighted by molar-refractivity contribution is 5.44. The van der Waals surface area contributed by atoms with Gasteiger partial charge in [-0.3, -0.25) is 5.84 Å². The van der Waals surface area contributed by atoms with E-state index in [4.69, 9.17) is 15.3 Å². The van der Waals surface area contributed by atoms with E-state index in [9.17, 15) is 4.39 Å². The first-order chi connectivity index (χ1) is 10.1. The molecule has 0 aliphatic rings. The third kappa shape index (κ3) is 3.32. The second kappa shape index (κ2) is 6.56. The Bertz CT molecular complexity index is 609. The minimum absolute atomic E-state index is 0.300. The zero-order valence-electron chi connectivity index (χ0n) is 12.3. The lowest BCUT2D eigenvalue weighted by atomic mass is 9.95. The molecule has 2 aromatic rings. The second-order valence-corrected chi connectivity index (χ2v) is 4.75. The number of rotatable bonds is 5. The van der Waals surface area contributed by atoms with Gasteiger partial charge in [-0.05, 0) is 47.9 Å². The SMILES string of the molecule is COc1cc(OC)cc(C(NN)c2cc(F)ccc2C)c1. The minimum Gasteiger partial charge on any atom is -0.497 e. The average molecular weight is 290 g/mol. The molecule has 0 heterocycles. The van der Waals surface area contributed by atoms with Gasteiger partial charge in [-0.1, -0.05) is 6.07 Å². The molecule has 4 nitrogen and oxygen atoms in total. The summed E-state index contributed by atoms with van der Waals surface area (Å²) in [6.45, 7) is 1.91. The Morgan fingerprint density at radius 1 is 1.05 bits per heavy atom. The van der Waals surface area contributed by atoms with Crippen molar-refractivity contribution in [1.29, 1.82) is 0 Å². The Kier molecular flexibility index (Phi) is 4.77. The quantitative estimate of drug-likeness (QED) is 0.656. The summed E-state index contributed by atoms with van der Waals surface area (Å²) in [4.78, 5) is 0. The highest BCUT2D eigenvalue weighted by Gasteiger charge is 2.17. The van der Waals surface area contributed by atoms with Crippen molar-refractivity contribution in [2.75, 3.05) is 14.2 Å². The van der Waals surface area contributed by atoms with E-state index < -0.39 is 0 Å². The van der Waals surface area contributed by atoms with Crippen LogP contribution in [-0.4, -0.2) is 14.2 Å². The van der Waals surface area contributed by atoms with Crippen LogP contribution in [0.1, 0.15) is 22.7 Å². The summed E-state index contributed by atoms with van der Waals surface area (Å²) < 4.78 is 24.1. The van der Waals surface area contributed by atoms with E-state index in [0.717, 1.165) is 16.7 Å². The van der Waals surface area contributed by atoms with Crippen molar-refractivity contribution in [1.82, 2.24) is 5.43 Å². The molecule has 3 N–H and O–H groups in total. The molecule has 21 heavy (non-hydrogen) atoms. The van der Waals surface area contributed by atoms with Crippen molar-refractivity contribution in [2.45, 2.75) is 13.0 Å². The predicted molar refractivity (Wildman–Crippen MR) is 79.8 cm³/mol. The number of hydrazine groups is 1. The summed E-state index contributed by atoms with van der Waals surface area (Å²) in [6.07, 6.45) is 0. The summed E-state index contributed by atoms with van der Waals surface area (Å²) in [6, 6.07) is 9.74. The van der Waals surface area contributed by atoms with Gasteiger partial charge in [0.25, 0.3) is 0 Å². The van der Waals surface area contributed by atoms with Crippen LogP contribution in [0.25, 0.3) is 0 Å². The maximum atomic E-state index is 13.5. The molecule has 2 rings (SSSR count). The molecule has 0 amide bonds. The molecule has 0 bridgehead atoms. The smallest absolute Gasteiger partial charge is 0.123 e. The number of hydrogen-bond acceptors (Lipinski definition) is 4. The van der Waals surface area contributed by atoms with Crippen LogP contribution >= 0.6 is 0 Å². The van der Waals surface area contributed by atoms with Gasteiger partial charge in [0.1, 0.15) is 17.3 Å². The van der Waals surface area contributed by atoms with E-state index >= 15 is 0 Å². The van der Waals surface area contributed by atoms with Crippen molar-refractivity contribution >= 4 is 0 Å². The molecule has 0 radical (unpaired) electrons. The highest BCUT2D eigenvalue weighted by atomic mass is 19.1. The Labute approximate surface area is 123 Å². The summed E-state index contributed by atoms with van der Waals surface area (Å²) in [5, 5.41) is 0. The molecule has 1 unspecified atom stereocenters. The van der Waals surface area contributed by atoms with E-state index in [-0.39, 0.29) is 11.9 Å². The number of hydrogen-bond donors (Lipinski definition) is 2. The highest BCUT2D eigenvalue weighted by Crippen LogP contribution is 2.31. The zero-order valence-corrected chi connectivity index (χ0v) is 12.3. The van der Waals surface area contributed by atoms with Crippen LogP contribution in [0.15, 0.2) is 36.4 Å². The van der Waals surface area contributed by atoms with Crippen LogP contribution in [0.4, 0.5) is 4.39 Å². The van der Waals surface area contributed by atoms with E-state index in [2.05, 4.69) is 5.43 Å². The maximum Gasteiger partial charge on any atom is 0.123 e. The van der Waals surface area contributed by atoms with Gasteiger partial charge in [0.05, 0.1) is 20.3 Å². The molecule has 0 aliphatic heterocycles. The van der Waals surface area contributed by atoms with Crippen LogP contribution in [-0.2, 0) is 0 Å². The summed E-state index contributed by atoms with van der Waals surface area (Å²) in [5.41, 5.74) is 5.28. The molecule has 112 valence electrons. The van der Waals surface area contributed by atoms with Gasteiger partial charge in [-0.25, -0.2) is 9.82 Å². The molecule has 0 fully saturated rings. The van der Waals surface area contributed by atoms with Gasteiger partial charge in [0.2, 0.25) is 0 Å². The third-order valence-corrected chi connectivity index (χ3v) is 3.43. The molecular formula is C16H19FN2O2. The zero-order chi connectivity index (χ0) is 15.4. The molecule has 0 saturated heterocycles. The lowest BCUT2D eigenvalue weighted by Gasteiger charge is -2.20. The van der Waals surface area contributed by atoms with Crippen LogP contribution in [0, 0.1) is 12.7 Å². The molecule has 5 heteroatoms. The van der Waals surface area contributed by atoms with E-state index in [0.29, 0.717) is 11.5 Å². The van der Waals surface area contributed by atoms with Gasteiger partial charge < -0.3 is 9.47 Å². The van der Waals surface area contributed by atoms with Crippen molar-refractivity contribution in [3.63, 3.8) is 0 Å². The van der Waals surface area contributed by atoms with Gasteiger partial charge in [0.15, 0.2) is 0 Å². The number of methoxy groups -OCH3 is 2. The number of aryl methyl sites for hydroxylation is 1. The fourth-order valence-corrected chi connectivity index (χ4v) is 2.28. The van der Waals surface area contributed by atoms with E-state index in [1.165, 1.54) is 12.1 Å². The Balaban J connectivity index is 2.52. The maximum absolute atomic E-state index is 13.5. The van der Waals surface area contributed by atoms with Crippen molar-refractivity contribution in [3.8, 4) is 11.5 Å². The molecule has 0 aliphatic carbocycles. The Hall–Kier alpha value is -2.11. The molecule has 1 atom stereocenters. The number of ether oxygens (including phenoxy) is 2. The lowest BCUT2D eigenvalue weighted by molar-refractivity contribution is 0.392. The van der Waals surface area contributed by atoms with Crippen LogP contribution in [0.2, 0.25) is 0 Å². The molecule has 0 aromatic heterocycles. The standard InChI is InChI=1S/C16H19FN2O2/c1-10-4-5-12(17)8-15(10)16(19-18)11-6-13(20-2)9-14(7-11)21-3/h4-9,16,19H,18H2,1-3H3. The Morgan fingerprint density at radius 3 is 2.19 bits per heavy atom. The monoisotopic (exact) mass is 290 g/mol. The van der Waals surface area contributed by atoms with Gasteiger partial charge in [0, 0.05) is 6.07 Å². The van der Waals surface area contributed by atoms with Gasteiger partial charge in [-0.15, -0.1) is 0 Å². The first-order valence-corrected chi connectivity index (χ1v) is 6.54. The van der Waals surface area contributed by atoms with Crippen molar-refractivity contribution in [3.05, 3.63) is 58.9 Å². The largest absolute Gasteiger partial charge is 0.497 e. The fraction of sp³-hybridized carbons (Fsp3) is 0.250. The minimum atomic E-state index is -0.357. The normalized spacial score (nSPS) is 12.0. The number of benzene rings is 2. The van der Waals surface area contributed by atoms with Gasteiger partial charge in [-0.2, -0.15) is 0 Å². The van der Waals surface area contributed by atoms with E-state index in [1.807, 2.05) is 19.1 Å².